The van der Waals surface area contributed by atoms with Crippen molar-refractivity contribution in [2.24, 2.45) is 0 Å². The number of anilines is 2. The van der Waals surface area contributed by atoms with E-state index < -0.39 is 0 Å². The zero-order valence-electron chi connectivity index (χ0n) is 30.5. The molecular formula is C40H47BrN8O4. The second-order valence-corrected chi connectivity index (χ2v) is 15.3. The average Bonchev–Trinajstić information content (AvgIpc) is 3.96. The van der Waals surface area contributed by atoms with Crippen molar-refractivity contribution in [1.82, 2.24) is 30.6 Å². The van der Waals surface area contributed by atoms with Crippen LogP contribution in [0, 0.1) is 0 Å². The van der Waals surface area contributed by atoms with Crippen molar-refractivity contribution in [2.45, 2.75) is 89.5 Å². The molecule has 12 nitrogen and oxygen atoms in total. The number of aromatic nitrogens is 4. The third-order valence-electron chi connectivity index (χ3n) is 10.0. The summed E-state index contributed by atoms with van der Waals surface area (Å²) in [5, 5.41) is 6.06. The molecule has 2 aromatic heterocycles. The summed E-state index contributed by atoms with van der Waals surface area (Å²) in [6.07, 6.45) is 11.0. The molecule has 2 atom stereocenters. The highest BCUT2D eigenvalue weighted by Crippen LogP contribution is 2.42. The second kappa shape index (κ2) is 16.5. The van der Waals surface area contributed by atoms with E-state index in [4.69, 9.17) is 19.4 Å². The predicted molar refractivity (Wildman–Crippen MR) is 206 cm³/mol. The molecule has 13 heteroatoms. The zero-order chi connectivity index (χ0) is 36.9. The molecular weight excluding hydrogens is 736 g/mol. The van der Waals surface area contributed by atoms with Gasteiger partial charge in [0, 0.05) is 37.6 Å². The number of unbranched alkanes of at least 4 members (excludes halogenated alkanes) is 1. The highest BCUT2D eigenvalue weighted by molar-refractivity contribution is 9.10. The molecule has 3 fully saturated rings. The molecule has 2 amide bonds. The van der Waals surface area contributed by atoms with E-state index in [1.807, 2.05) is 68.6 Å². The molecule has 4 aromatic rings. The number of carbonyl (C=O) groups excluding carboxylic acids is 2. The molecule has 0 spiro atoms. The zero-order valence-corrected chi connectivity index (χ0v) is 32.1. The van der Waals surface area contributed by atoms with Gasteiger partial charge in [0.1, 0.15) is 23.7 Å². The number of rotatable bonds is 16. The van der Waals surface area contributed by atoms with Gasteiger partial charge in [-0.15, -0.1) is 0 Å². The Kier molecular flexibility index (Phi) is 11.4. The van der Waals surface area contributed by atoms with Crippen LogP contribution in [0.4, 0.5) is 11.9 Å². The van der Waals surface area contributed by atoms with E-state index >= 15 is 0 Å². The molecule has 2 N–H and O–H groups in total. The third-order valence-corrected chi connectivity index (χ3v) is 10.4. The number of hydrogen-bond donors (Lipinski definition) is 2. The lowest BCUT2D eigenvalue weighted by Gasteiger charge is -2.39. The van der Waals surface area contributed by atoms with Crippen LogP contribution in [0.5, 0.6) is 11.5 Å². The van der Waals surface area contributed by atoms with E-state index in [0.717, 1.165) is 84.2 Å². The molecule has 0 bridgehead atoms. The number of carbonyl (C=O) groups is 2. The van der Waals surface area contributed by atoms with E-state index in [1.54, 1.807) is 12.4 Å². The number of ether oxygens (including phenoxy) is 2. The molecule has 2 aromatic carbocycles. The molecule has 0 radical (unpaired) electrons. The molecule has 7 rings (SSSR count). The number of nitrogens with zero attached hydrogens (tertiary/aromatic N) is 6. The summed E-state index contributed by atoms with van der Waals surface area (Å²) in [5.74, 6) is 3.64. The minimum absolute atomic E-state index is 0.0481. The average molecular weight is 784 g/mol. The monoisotopic (exact) mass is 782 g/mol. The summed E-state index contributed by atoms with van der Waals surface area (Å²) in [4.78, 5) is 46.9. The Hall–Kier alpha value is -4.78. The van der Waals surface area contributed by atoms with Gasteiger partial charge < -0.3 is 29.9 Å². The topological polar surface area (TPSA) is 135 Å². The van der Waals surface area contributed by atoms with Crippen LogP contribution in [0.2, 0.25) is 0 Å². The fourth-order valence-electron chi connectivity index (χ4n) is 6.74. The van der Waals surface area contributed by atoms with Crippen molar-refractivity contribution < 1.29 is 19.1 Å². The largest absolute Gasteiger partial charge is 0.487 e. The first-order valence-electron chi connectivity index (χ1n) is 18.6. The number of amides is 2. The van der Waals surface area contributed by atoms with E-state index in [2.05, 4.69) is 46.3 Å². The minimum atomic E-state index is -0.0985. The predicted octanol–water partition coefficient (Wildman–Crippen LogP) is 6.23. The van der Waals surface area contributed by atoms with E-state index in [-0.39, 0.29) is 36.1 Å². The summed E-state index contributed by atoms with van der Waals surface area (Å²) < 4.78 is 13.2. The fraction of sp³-hybridized carbons (Fsp3) is 0.450. The van der Waals surface area contributed by atoms with E-state index in [9.17, 15) is 9.59 Å². The summed E-state index contributed by atoms with van der Waals surface area (Å²) in [6, 6.07) is 15.7. The van der Waals surface area contributed by atoms with Gasteiger partial charge in [0.2, 0.25) is 23.7 Å². The van der Waals surface area contributed by atoms with Crippen molar-refractivity contribution in [3.63, 3.8) is 0 Å². The minimum Gasteiger partial charge on any atom is -0.487 e. The Labute approximate surface area is 319 Å². The van der Waals surface area contributed by atoms with Gasteiger partial charge in [0.15, 0.2) is 0 Å². The van der Waals surface area contributed by atoms with Gasteiger partial charge in [-0.3, -0.25) is 9.59 Å². The van der Waals surface area contributed by atoms with Crippen LogP contribution >= 0.6 is 15.9 Å². The Morgan fingerprint density at radius 3 is 1.85 bits per heavy atom. The smallest absolute Gasteiger partial charge is 0.225 e. The molecule has 3 aliphatic rings. The van der Waals surface area contributed by atoms with Crippen LogP contribution in [-0.4, -0.2) is 70.1 Å². The number of nitrogens with one attached hydrogen (secondary N) is 2. The normalized spacial score (nSPS) is 17.0. The molecule has 53 heavy (non-hydrogen) atoms. The van der Waals surface area contributed by atoms with Crippen LogP contribution in [0.3, 0.4) is 0 Å². The molecule has 4 heterocycles. The number of hydrogen-bond acceptors (Lipinski definition) is 10. The Balaban J connectivity index is 0.821. The highest BCUT2D eigenvalue weighted by atomic mass is 79.9. The Morgan fingerprint density at radius 2 is 1.30 bits per heavy atom. The van der Waals surface area contributed by atoms with Crippen LogP contribution in [0.1, 0.15) is 93.3 Å². The molecule has 1 aliphatic carbocycles. The first-order chi connectivity index (χ1) is 25.7. The van der Waals surface area contributed by atoms with Crippen molar-refractivity contribution in [2.75, 3.05) is 36.0 Å². The Bertz CT molecular complexity index is 1860. The lowest BCUT2D eigenvalue weighted by Crippen LogP contribution is -2.54. The Morgan fingerprint density at radius 1 is 0.774 bits per heavy atom. The fourth-order valence-corrected chi connectivity index (χ4v) is 6.95. The van der Waals surface area contributed by atoms with Gasteiger partial charge in [-0.1, -0.05) is 24.3 Å². The second-order valence-electron chi connectivity index (χ2n) is 14.4. The number of aryl methyl sites for hydroxylation is 1. The maximum Gasteiger partial charge on any atom is 0.225 e. The quantitative estimate of drug-likeness (QED) is 0.126. The molecule has 2 aliphatic heterocycles. The first-order valence-corrected chi connectivity index (χ1v) is 19.4. The summed E-state index contributed by atoms with van der Waals surface area (Å²) in [6.45, 7) is 8.43. The third kappa shape index (κ3) is 9.61. The van der Waals surface area contributed by atoms with Crippen molar-refractivity contribution >= 4 is 39.6 Å². The highest BCUT2D eigenvalue weighted by Gasteiger charge is 2.33. The van der Waals surface area contributed by atoms with Crippen LogP contribution in [0.15, 0.2) is 71.6 Å². The van der Waals surface area contributed by atoms with Crippen molar-refractivity contribution in [1.29, 1.82) is 0 Å². The van der Waals surface area contributed by atoms with Crippen molar-refractivity contribution in [3.8, 4) is 11.5 Å². The van der Waals surface area contributed by atoms with Crippen LogP contribution in [0.25, 0.3) is 0 Å². The lowest BCUT2D eigenvalue weighted by atomic mass is 10.0. The molecule has 1 saturated carbocycles. The summed E-state index contributed by atoms with van der Waals surface area (Å²) in [7, 11) is 0. The van der Waals surface area contributed by atoms with E-state index in [1.165, 1.54) is 25.3 Å². The molecule has 2 saturated heterocycles. The van der Waals surface area contributed by atoms with Gasteiger partial charge in [0.05, 0.1) is 42.7 Å². The van der Waals surface area contributed by atoms with Gasteiger partial charge in [-0.2, -0.15) is 0 Å². The summed E-state index contributed by atoms with van der Waals surface area (Å²) >= 11 is 3.37. The van der Waals surface area contributed by atoms with Gasteiger partial charge >= 0.3 is 0 Å². The van der Waals surface area contributed by atoms with Gasteiger partial charge in [-0.25, -0.2) is 19.9 Å². The molecule has 278 valence electrons. The van der Waals surface area contributed by atoms with Gasteiger partial charge in [-0.05, 0) is 109 Å². The van der Waals surface area contributed by atoms with Crippen LogP contribution in [-0.2, 0) is 16.0 Å². The van der Waals surface area contributed by atoms with E-state index in [0.29, 0.717) is 18.3 Å². The standard InChI is InChI=1S/C40H47BrN8O4/c1-25(45-27(3)50)28-10-14-32(15-11-28)53-35-23-49(24-35)40-44-20-36(30-8-9-30)37(47-40)6-4-5-7-38(51)46-26(2)29-12-16-33(17-13-29)52-34-21-48(22-34)39-42-18-31(41)19-43-39/h10-20,25-26,30,34-35H,4-9,21-24H2,1-3H3,(H,45,50)(H,46,51)/t25-,26-/m0/s1. The molecule has 0 unspecified atom stereocenters. The summed E-state index contributed by atoms with van der Waals surface area (Å²) in [5.41, 5.74) is 4.44. The maximum absolute atomic E-state index is 12.9. The first kappa shape index (κ1) is 36.6. The number of halogens is 1. The number of benzene rings is 2. The van der Waals surface area contributed by atoms with Crippen molar-refractivity contribution in [3.05, 3.63) is 94.0 Å². The SMILES string of the molecule is CC(=O)N[C@@H](C)c1ccc(OC2CN(c3ncc(C4CC4)c(CCCCC(=O)N[C@@H](C)c4ccc(OC5CN(c6ncc(Br)cn6)C5)cc4)n3)C2)cc1. The lowest BCUT2D eigenvalue weighted by molar-refractivity contribution is -0.122. The van der Waals surface area contributed by atoms with Gasteiger partial charge in [0.25, 0.3) is 0 Å². The van der Waals surface area contributed by atoms with Crippen LogP contribution < -0.4 is 29.9 Å². The maximum atomic E-state index is 12.9.